The molecule has 0 spiro atoms. The summed E-state index contributed by atoms with van der Waals surface area (Å²) in [6, 6.07) is -0.566. The van der Waals surface area contributed by atoms with Crippen LogP contribution in [0.3, 0.4) is 0 Å². The van der Waals surface area contributed by atoms with E-state index in [9.17, 15) is 14.7 Å². The number of aliphatic hydroxyl groups is 1. The van der Waals surface area contributed by atoms with Gasteiger partial charge in [-0.2, -0.15) is 0 Å². The lowest BCUT2D eigenvalue weighted by molar-refractivity contribution is -0.143. The van der Waals surface area contributed by atoms with E-state index in [4.69, 9.17) is 9.84 Å². The molecule has 1 heterocycles. The van der Waals surface area contributed by atoms with E-state index < -0.39 is 29.3 Å². The van der Waals surface area contributed by atoms with E-state index in [2.05, 4.69) is 0 Å². The summed E-state index contributed by atoms with van der Waals surface area (Å²) in [4.78, 5) is 24.0. The predicted octanol–water partition coefficient (Wildman–Crippen LogP) is 1.22. The first-order valence-corrected chi connectivity index (χ1v) is 5.99. The van der Waals surface area contributed by atoms with Gasteiger partial charge < -0.3 is 19.8 Å². The fourth-order valence-corrected chi connectivity index (χ4v) is 2.07. The Morgan fingerprint density at radius 2 is 2.00 bits per heavy atom. The van der Waals surface area contributed by atoms with Gasteiger partial charge in [-0.15, -0.1) is 0 Å². The van der Waals surface area contributed by atoms with Crippen LogP contribution in [0.25, 0.3) is 0 Å². The van der Waals surface area contributed by atoms with E-state index in [1.165, 1.54) is 4.90 Å². The second-order valence-corrected chi connectivity index (χ2v) is 5.77. The summed E-state index contributed by atoms with van der Waals surface area (Å²) in [7, 11) is 0. The van der Waals surface area contributed by atoms with Gasteiger partial charge in [-0.1, -0.05) is 0 Å². The highest BCUT2D eigenvalue weighted by Gasteiger charge is 2.47. The zero-order valence-electron chi connectivity index (χ0n) is 11.3. The number of likely N-dealkylation sites (tertiary alicyclic amines) is 1. The second kappa shape index (κ2) is 4.76. The summed E-state index contributed by atoms with van der Waals surface area (Å²) in [5.74, 6) is -1.07. The van der Waals surface area contributed by atoms with Gasteiger partial charge in [0.05, 0.1) is 18.1 Å². The molecule has 2 N–H and O–H groups in total. The van der Waals surface area contributed by atoms with Gasteiger partial charge in [0.15, 0.2) is 0 Å². The molecule has 6 heteroatoms. The number of nitrogens with zero attached hydrogens (tertiary/aromatic N) is 1. The maximum absolute atomic E-state index is 11.9. The van der Waals surface area contributed by atoms with Crippen molar-refractivity contribution in [1.29, 1.82) is 0 Å². The number of carbonyl (C=O) groups is 2. The number of hydrogen-bond acceptors (Lipinski definition) is 4. The number of carboxylic acids is 1. The quantitative estimate of drug-likeness (QED) is 0.778. The molecule has 1 fully saturated rings. The van der Waals surface area contributed by atoms with Gasteiger partial charge in [-0.05, 0) is 34.1 Å². The Kier molecular flexibility index (Phi) is 3.90. The van der Waals surface area contributed by atoms with Gasteiger partial charge in [0, 0.05) is 6.54 Å². The minimum atomic E-state index is -1.37. The molecule has 1 amide bonds. The molecular formula is C12H21NO5. The van der Waals surface area contributed by atoms with Crippen molar-refractivity contribution < 1.29 is 24.5 Å². The van der Waals surface area contributed by atoms with Crippen LogP contribution in [0, 0.1) is 0 Å². The molecule has 1 saturated heterocycles. The van der Waals surface area contributed by atoms with Gasteiger partial charge >= 0.3 is 12.1 Å². The van der Waals surface area contributed by atoms with Gasteiger partial charge in [0.1, 0.15) is 5.60 Å². The fourth-order valence-electron chi connectivity index (χ4n) is 2.07. The Bertz CT molecular complexity index is 349. The van der Waals surface area contributed by atoms with E-state index in [1.54, 1.807) is 27.7 Å². The van der Waals surface area contributed by atoms with Crippen LogP contribution in [-0.4, -0.2) is 51.0 Å². The van der Waals surface area contributed by atoms with E-state index in [-0.39, 0.29) is 12.8 Å². The topological polar surface area (TPSA) is 87.1 Å². The highest BCUT2D eigenvalue weighted by Crippen LogP contribution is 2.32. The van der Waals surface area contributed by atoms with Crippen LogP contribution in [0.15, 0.2) is 0 Å². The third-order valence-corrected chi connectivity index (χ3v) is 3.12. The van der Waals surface area contributed by atoms with Crippen molar-refractivity contribution in [3.05, 3.63) is 0 Å². The summed E-state index contributed by atoms with van der Waals surface area (Å²) in [5, 5.41) is 19.0. The molecular weight excluding hydrogens is 238 g/mol. The molecule has 6 nitrogen and oxygen atoms in total. The van der Waals surface area contributed by atoms with Gasteiger partial charge in [-0.3, -0.25) is 4.79 Å². The van der Waals surface area contributed by atoms with Crippen LogP contribution in [0.1, 0.15) is 40.5 Å². The van der Waals surface area contributed by atoms with Gasteiger partial charge in [0.25, 0.3) is 0 Å². The molecule has 0 aromatic carbocycles. The average Bonchev–Trinajstić information content (AvgIpc) is 2.39. The van der Waals surface area contributed by atoms with Crippen molar-refractivity contribution in [2.24, 2.45) is 0 Å². The normalized spacial score (nSPS) is 28.3. The van der Waals surface area contributed by atoms with Crippen molar-refractivity contribution in [3.63, 3.8) is 0 Å². The minimum absolute atomic E-state index is 0.250. The molecule has 0 aromatic heterocycles. The lowest BCUT2D eigenvalue weighted by atomic mass is 9.92. The standard InChI is InChI=1S/C12H21NO5/c1-8-12(17,7-9(14)15)5-6-13(8)10(16)18-11(2,3)4/h8,17H,5-7H2,1-4H3,(H,14,15). The Hall–Kier alpha value is -1.30. The van der Waals surface area contributed by atoms with Crippen molar-refractivity contribution >= 4 is 12.1 Å². The van der Waals surface area contributed by atoms with Crippen LogP contribution in [0.2, 0.25) is 0 Å². The third kappa shape index (κ3) is 3.35. The largest absolute Gasteiger partial charge is 0.481 e. The van der Waals surface area contributed by atoms with E-state index >= 15 is 0 Å². The molecule has 0 bridgehead atoms. The lowest BCUT2D eigenvalue weighted by Gasteiger charge is -2.31. The maximum atomic E-state index is 11.9. The zero-order chi connectivity index (χ0) is 14.1. The summed E-state index contributed by atoms with van der Waals surface area (Å²) in [6.07, 6.45) is -0.635. The number of rotatable bonds is 2. The highest BCUT2D eigenvalue weighted by molar-refractivity contribution is 5.71. The van der Waals surface area contributed by atoms with Gasteiger partial charge in [0.2, 0.25) is 0 Å². The number of carbonyl (C=O) groups excluding carboxylic acids is 1. The van der Waals surface area contributed by atoms with Crippen molar-refractivity contribution in [3.8, 4) is 0 Å². The molecule has 2 atom stereocenters. The molecule has 0 aromatic rings. The summed E-state index contributed by atoms with van der Waals surface area (Å²) < 4.78 is 5.22. The van der Waals surface area contributed by atoms with Gasteiger partial charge in [-0.25, -0.2) is 4.79 Å². The van der Waals surface area contributed by atoms with Crippen LogP contribution >= 0.6 is 0 Å². The average molecular weight is 259 g/mol. The number of carboxylic acid groups (broad SMARTS) is 1. The van der Waals surface area contributed by atoms with Crippen LogP contribution in [0.5, 0.6) is 0 Å². The van der Waals surface area contributed by atoms with Crippen LogP contribution in [0.4, 0.5) is 4.79 Å². The molecule has 18 heavy (non-hydrogen) atoms. The Morgan fingerprint density at radius 1 is 1.44 bits per heavy atom. The minimum Gasteiger partial charge on any atom is -0.481 e. The molecule has 0 saturated carbocycles. The van der Waals surface area contributed by atoms with Crippen LogP contribution in [-0.2, 0) is 9.53 Å². The summed E-state index contributed by atoms with van der Waals surface area (Å²) in [5.41, 5.74) is -1.98. The van der Waals surface area contributed by atoms with Crippen LogP contribution < -0.4 is 0 Å². The SMILES string of the molecule is CC1N(C(=O)OC(C)(C)C)CCC1(O)CC(=O)O. The fraction of sp³-hybridized carbons (Fsp3) is 0.833. The lowest BCUT2D eigenvalue weighted by Crippen LogP contribution is -2.47. The van der Waals surface area contributed by atoms with Crippen molar-refractivity contribution in [1.82, 2.24) is 4.90 Å². The Balaban J connectivity index is 2.72. The van der Waals surface area contributed by atoms with E-state index in [0.29, 0.717) is 6.54 Å². The highest BCUT2D eigenvalue weighted by atomic mass is 16.6. The molecule has 0 radical (unpaired) electrons. The smallest absolute Gasteiger partial charge is 0.410 e. The summed E-state index contributed by atoms with van der Waals surface area (Å²) >= 11 is 0. The number of aliphatic carboxylic acids is 1. The zero-order valence-corrected chi connectivity index (χ0v) is 11.3. The Morgan fingerprint density at radius 3 is 2.44 bits per heavy atom. The monoisotopic (exact) mass is 259 g/mol. The molecule has 1 aliphatic rings. The van der Waals surface area contributed by atoms with Crippen molar-refractivity contribution in [2.45, 2.75) is 57.8 Å². The first-order valence-electron chi connectivity index (χ1n) is 5.99. The van der Waals surface area contributed by atoms with E-state index in [1.807, 2.05) is 0 Å². The van der Waals surface area contributed by atoms with E-state index in [0.717, 1.165) is 0 Å². The molecule has 1 aliphatic heterocycles. The first-order chi connectivity index (χ1) is 8.05. The Labute approximate surface area is 107 Å². The number of hydrogen-bond donors (Lipinski definition) is 2. The first kappa shape index (κ1) is 14.8. The second-order valence-electron chi connectivity index (χ2n) is 5.77. The maximum Gasteiger partial charge on any atom is 0.410 e. The predicted molar refractivity (Wildman–Crippen MR) is 64.2 cm³/mol. The number of ether oxygens (including phenoxy) is 1. The molecule has 104 valence electrons. The van der Waals surface area contributed by atoms with Crippen molar-refractivity contribution in [2.75, 3.05) is 6.54 Å². The number of amides is 1. The molecule has 1 rings (SSSR count). The molecule has 0 aliphatic carbocycles. The summed E-state index contributed by atoms with van der Waals surface area (Å²) in [6.45, 7) is 7.22. The molecule has 2 unspecified atom stereocenters. The third-order valence-electron chi connectivity index (χ3n) is 3.12.